The lowest BCUT2D eigenvalue weighted by Crippen LogP contribution is -2.13. The lowest BCUT2D eigenvalue weighted by atomic mass is 9.87. The summed E-state index contributed by atoms with van der Waals surface area (Å²) in [6.45, 7) is 8.34. The number of nitrogens with zero attached hydrogens (tertiary/aromatic N) is 4. The van der Waals surface area contributed by atoms with Gasteiger partial charge in [0.05, 0.1) is 6.21 Å². The first-order chi connectivity index (χ1) is 9.38. The van der Waals surface area contributed by atoms with Crippen molar-refractivity contribution in [2.24, 2.45) is 5.10 Å². The van der Waals surface area contributed by atoms with Crippen LogP contribution in [0.15, 0.2) is 29.4 Å². The van der Waals surface area contributed by atoms with Crippen LogP contribution in [0.2, 0.25) is 0 Å². The van der Waals surface area contributed by atoms with Gasteiger partial charge in [0.2, 0.25) is 0 Å². The maximum Gasteiger partial charge on any atom is 0.263 e. The van der Waals surface area contributed by atoms with Crippen LogP contribution in [0.1, 0.15) is 37.7 Å². The minimum absolute atomic E-state index is 0.154. The SMILES string of the molecule is Cc1nnc(N/N=C\c2ccc(C(C)(C)C)cc2)n1N. The Hall–Kier alpha value is -2.37. The lowest BCUT2D eigenvalue weighted by Gasteiger charge is -2.18. The van der Waals surface area contributed by atoms with Crippen LogP contribution in [0, 0.1) is 6.92 Å². The Bertz CT molecular complexity index is 604. The Balaban J connectivity index is 2.03. The summed E-state index contributed by atoms with van der Waals surface area (Å²) in [6.07, 6.45) is 1.72. The maximum atomic E-state index is 5.71. The minimum atomic E-state index is 0.154. The van der Waals surface area contributed by atoms with Crippen molar-refractivity contribution in [3.63, 3.8) is 0 Å². The number of nitrogens with one attached hydrogen (secondary N) is 1. The van der Waals surface area contributed by atoms with E-state index in [0.29, 0.717) is 11.8 Å². The summed E-state index contributed by atoms with van der Waals surface area (Å²) in [5.41, 5.74) is 5.21. The molecule has 3 N–H and O–H groups in total. The molecule has 0 saturated heterocycles. The average molecular weight is 272 g/mol. The molecule has 2 aromatic rings. The second-order valence-electron chi connectivity index (χ2n) is 5.68. The molecular formula is C14H20N6. The third kappa shape index (κ3) is 3.14. The Labute approximate surface area is 118 Å². The molecule has 0 fully saturated rings. The van der Waals surface area contributed by atoms with Crippen molar-refractivity contribution in [3.8, 4) is 0 Å². The summed E-state index contributed by atoms with van der Waals surface area (Å²) in [4.78, 5) is 0. The molecule has 0 spiro atoms. The smallest absolute Gasteiger partial charge is 0.263 e. The van der Waals surface area contributed by atoms with E-state index < -0.39 is 0 Å². The van der Waals surface area contributed by atoms with E-state index >= 15 is 0 Å². The summed E-state index contributed by atoms with van der Waals surface area (Å²) >= 11 is 0. The number of nitrogens with two attached hydrogens (primary N) is 1. The Morgan fingerprint density at radius 3 is 2.35 bits per heavy atom. The van der Waals surface area contributed by atoms with Gasteiger partial charge in [0.15, 0.2) is 5.82 Å². The molecule has 0 unspecified atom stereocenters. The summed E-state index contributed by atoms with van der Waals surface area (Å²) < 4.78 is 1.35. The van der Waals surface area contributed by atoms with Gasteiger partial charge in [-0.3, -0.25) is 0 Å². The predicted octanol–water partition coefficient (Wildman–Crippen LogP) is 2.04. The molecular weight excluding hydrogens is 252 g/mol. The maximum absolute atomic E-state index is 5.71. The van der Waals surface area contributed by atoms with Crippen molar-refractivity contribution in [2.45, 2.75) is 33.1 Å². The van der Waals surface area contributed by atoms with Crippen LogP contribution in [0.3, 0.4) is 0 Å². The molecule has 0 aliphatic rings. The van der Waals surface area contributed by atoms with Crippen LogP contribution in [0.4, 0.5) is 5.95 Å². The predicted molar refractivity (Wildman–Crippen MR) is 81.3 cm³/mol. The number of aromatic nitrogens is 3. The van der Waals surface area contributed by atoms with E-state index in [0.717, 1.165) is 5.56 Å². The van der Waals surface area contributed by atoms with E-state index in [1.165, 1.54) is 10.2 Å². The number of nitrogen functional groups attached to an aromatic ring is 1. The molecule has 20 heavy (non-hydrogen) atoms. The molecule has 1 heterocycles. The van der Waals surface area contributed by atoms with Crippen LogP contribution in [0.5, 0.6) is 0 Å². The normalized spacial score (nSPS) is 12.0. The van der Waals surface area contributed by atoms with Crippen molar-refractivity contribution < 1.29 is 0 Å². The van der Waals surface area contributed by atoms with Crippen molar-refractivity contribution in [1.82, 2.24) is 14.9 Å². The standard InChI is InChI=1S/C14H20N6/c1-10-17-19-13(20(10)15)18-16-9-11-5-7-12(8-6-11)14(2,3)4/h5-9H,15H2,1-4H3,(H,18,19)/b16-9-. The van der Waals surface area contributed by atoms with Crippen LogP contribution in [0.25, 0.3) is 0 Å². The zero-order valence-electron chi connectivity index (χ0n) is 12.3. The van der Waals surface area contributed by atoms with Crippen LogP contribution < -0.4 is 11.3 Å². The van der Waals surface area contributed by atoms with E-state index in [4.69, 9.17) is 5.84 Å². The van der Waals surface area contributed by atoms with E-state index in [9.17, 15) is 0 Å². The molecule has 0 saturated carbocycles. The molecule has 0 bridgehead atoms. The number of anilines is 1. The monoisotopic (exact) mass is 272 g/mol. The van der Waals surface area contributed by atoms with E-state index in [1.54, 1.807) is 13.1 Å². The molecule has 6 nitrogen and oxygen atoms in total. The Morgan fingerprint density at radius 1 is 1.20 bits per heavy atom. The number of hydrazone groups is 1. The van der Waals surface area contributed by atoms with Crippen LogP contribution in [-0.2, 0) is 5.41 Å². The lowest BCUT2D eigenvalue weighted by molar-refractivity contribution is 0.590. The minimum Gasteiger partial charge on any atom is -0.335 e. The number of aryl methyl sites for hydroxylation is 1. The van der Waals surface area contributed by atoms with E-state index in [2.05, 4.69) is 53.6 Å². The van der Waals surface area contributed by atoms with Gasteiger partial charge in [-0.15, -0.1) is 10.2 Å². The quantitative estimate of drug-likeness (QED) is 0.509. The van der Waals surface area contributed by atoms with Gasteiger partial charge in [-0.2, -0.15) is 5.10 Å². The summed E-state index contributed by atoms with van der Waals surface area (Å²) in [5.74, 6) is 6.73. The molecule has 106 valence electrons. The topological polar surface area (TPSA) is 81.1 Å². The largest absolute Gasteiger partial charge is 0.335 e. The summed E-state index contributed by atoms with van der Waals surface area (Å²) in [5, 5.41) is 11.8. The number of hydrogen-bond acceptors (Lipinski definition) is 5. The third-order valence-corrected chi connectivity index (χ3v) is 3.02. The fourth-order valence-electron chi connectivity index (χ4n) is 1.68. The third-order valence-electron chi connectivity index (χ3n) is 3.02. The zero-order valence-corrected chi connectivity index (χ0v) is 12.3. The molecule has 0 atom stereocenters. The Kier molecular flexibility index (Phi) is 3.74. The van der Waals surface area contributed by atoms with Crippen molar-refractivity contribution in [3.05, 3.63) is 41.2 Å². The number of benzene rings is 1. The molecule has 2 rings (SSSR count). The molecule has 6 heteroatoms. The molecule has 0 aliphatic heterocycles. The van der Waals surface area contributed by atoms with Crippen LogP contribution in [-0.4, -0.2) is 21.1 Å². The van der Waals surface area contributed by atoms with Gasteiger partial charge in [0.25, 0.3) is 5.95 Å². The summed E-state index contributed by atoms with van der Waals surface area (Å²) in [6, 6.07) is 8.28. The molecule has 0 aliphatic carbocycles. The van der Waals surface area contributed by atoms with Gasteiger partial charge in [-0.05, 0) is 23.5 Å². The number of rotatable bonds is 3. The van der Waals surface area contributed by atoms with Gasteiger partial charge in [0, 0.05) is 0 Å². The first-order valence-electron chi connectivity index (χ1n) is 6.44. The van der Waals surface area contributed by atoms with Gasteiger partial charge >= 0.3 is 0 Å². The first-order valence-corrected chi connectivity index (χ1v) is 6.44. The van der Waals surface area contributed by atoms with Crippen molar-refractivity contribution in [2.75, 3.05) is 11.3 Å². The highest BCUT2D eigenvalue weighted by Gasteiger charge is 2.12. The molecule has 1 aromatic carbocycles. The molecule has 1 aromatic heterocycles. The molecule has 0 amide bonds. The summed E-state index contributed by atoms with van der Waals surface area (Å²) in [7, 11) is 0. The highest BCUT2D eigenvalue weighted by Crippen LogP contribution is 2.21. The fourth-order valence-corrected chi connectivity index (χ4v) is 1.68. The second-order valence-corrected chi connectivity index (χ2v) is 5.68. The highest BCUT2D eigenvalue weighted by atomic mass is 15.5. The van der Waals surface area contributed by atoms with Gasteiger partial charge < -0.3 is 5.84 Å². The average Bonchev–Trinajstić information content (AvgIpc) is 2.70. The van der Waals surface area contributed by atoms with Crippen molar-refractivity contribution >= 4 is 12.2 Å². The second kappa shape index (κ2) is 5.32. The van der Waals surface area contributed by atoms with Gasteiger partial charge in [0.1, 0.15) is 0 Å². The molecule has 0 radical (unpaired) electrons. The fraction of sp³-hybridized carbons (Fsp3) is 0.357. The zero-order chi connectivity index (χ0) is 14.8. The van der Waals surface area contributed by atoms with Gasteiger partial charge in [-0.1, -0.05) is 45.0 Å². The van der Waals surface area contributed by atoms with E-state index in [-0.39, 0.29) is 5.41 Å². The van der Waals surface area contributed by atoms with E-state index in [1.807, 2.05) is 12.1 Å². The highest BCUT2D eigenvalue weighted by molar-refractivity contribution is 5.80. The Morgan fingerprint density at radius 2 is 1.85 bits per heavy atom. The van der Waals surface area contributed by atoms with Crippen molar-refractivity contribution in [1.29, 1.82) is 0 Å². The van der Waals surface area contributed by atoms with Gasteiger partial charge in [-0.25, -0.2) is 10.1 Å². The first kappa shape index (κ1) is 14.0. The van der Waals surface area contributed by atoms with Crippen LogP contribution >= 0.6 is 0 Å². The number of hydrogen-bond donors (Lipinski definition) is 2.